The van der Waals surface area contributed by atoms with E-state index in [2.05, 4.69) is 4.98 Å². The molecule has 16 heavy (non-hydrogen) atoms. The maximum Gasteiger partial charge on any atom is 0.123 e. The standard InChI is InChI=1S/C13H13FN2/c1-9-6-7-16-8-12(9)13(15)10-2-4-11(14)5-3-10/h2-8,13H,15H2,1H3. The summed E-state index contributed by atoms with van der Waals surface area (Å²) in [7, 11) is 0. The van der Waals surface area contributed by atoms with Gasteiger partial charge in [0.2, 0.25) is 0 Å². The highest BCUT2D eigenvalue weighted by Crippen LogP contribution is 2.21. The van der Waals surface area contributed by atoms with Crippen LogP contribution in [0, 0.1) is 12.7 Å². The summed E-state index contributed by atoms with van der Waals surface area (Å²) in [5.41, 5.74) is 9.05. The van der Waals surface area contributed by atoms with E-state index >= 15 is 0 Å². The number of hydrogen-bond donors (Lipinski definition) is 1. The van der Waals surface area contributed by atoms with Gasteiger partial charge in [0.05, 0.1) is 6.04 Å². The molecule has 82 valence electrons. The lowest BCUT2D eigenvalue weighted by molar-refractivity contribution is 0.626. The number of halogens is 1. The van der Waals surface area contributed by atoms with Crippen LogP contribution in [0.25, 0.3) is 0 Å². The van der Waals surface area contributed by atoms with Gasteiger partial charge in [0.15, 0.2) is 0 Å². The number of aryl methyl sites for hydroxylation is 1. The molecule has 0 amide bonds. The minimum absolute atomic E-state index is 0.251. The summed E-state index contributed by atoms with van der Waals surface area (Å²) < 4.78 is 12.8. The van der Waals surface area contributed by atoms with E-state index in [4.69, 9.17) is 5.73 Å². The lowest BCUT2D eigenvalue weighted by Crippen LogP contribution is -2.13. The van der Waals surface area contributed by atoms with Crippen molar-refractivity contribution in [1.82, 2.24) is 4.98 Å². The molecule has 3 heteroatoms. The Labute approximate surface area is 93.9 Å². The normalized spacial score (nSPS) is 12.4. The van der Waals surface area contributed by atoms with Crippen LogP contribution in [0.3, 0.4) is 0 Å². The Kier molecular flexibility index (Phi) is 2.97. The number of aromatic nitrogens is 1. The van der Waals surface area contributed by atoms with Crippen molar-refractivity contribution in [3.63, 3.8) is 0 Å². The minimum Gasteiger partial charge on any atom is -0.320 e. The molecule has 1 atom stereocenters. The Morgan fingerprint density at radius 1 is 1.19 bits per heavy atom. The number of nitrogens with two attached hydrogens (primary N) is 1. The summed E-state index contributed by atoms with van der Waals surface area (Å²) in [6, 6.07) is 7.90. The van der Waals surface area contributed by atoms with Gasteiger partial charge in [-0.3, -0.25) is 4.98 Å². The maximum absolute atomic E-state index is 12.8. The average Bonchev–Trinajstić information content (AvgIpc) is 2.30. The molecule has 2 aromatic rings. The van der Waals surface area contributed by atoms with Crippen molar-refractivity contribution in [3.05, 3.63) is 65.2 Å². The number of rotatable bonds is 2. The molecule has 0 spiro atoms. The first-order chi connectivity index (χ1) is 7.68. The SMILES string of the molecule is Cc1ccncc1C(N)c1ccc(F)cc1. The predicted octanol–water partition coefficient (Wildman–Crippen LogP) is 2.58. The molecule has 2 nitrogen and oxygen atoms in total. The van der Waals surface area contributed by atoms with E-state index in [0.29, 0.717) is 0 Å². The topological polar surface area (TPSA) is 38.9 Å². The Morgan fingerprint density at radius 3 is 2.50 bits per heavy atom. The van der Waals surface area contributed by atoms with E-state index in [-0.39, 0.29) is 11.9 Å². The van der Waals surface area contributed by atoms with E-state index in [1.807, 2.05) is 13.0 Å². The molecule has 0 aliphatic carbocycles. The second kappa shape index (κ2) is 4.41. The quantitative estimate of drug-likeness (QED) is 0.838. The van der Waals surface area contributed by atoms with Gasteiger partial charge in [-0.25, -0.2) is 4.39 Å². The highest BCUT2D eigenvalue weighted by Gasteiger charge is 2.11. The van der Waals surface area contributed by atoms with E-state index < -0.39 is 0 Å². The summed E-state index contributed by atoms with van der Waals surface area (Å²) in [6.07, 6.45) is 3.49. The summed E-state index contributed by atoms with van der Waals surface area (Å²) in [5.74, 6) is -0.251. The van der Waals surface area contributed by atoms with Gasteiger partial charge < -0.3 is 5.73 Å². The number of nitrogens with zero attached hydrogens (tertiary/aromatic N) is 1. The fourth-order valence-corrected chi connectivity index (χ4v) is 1.65. The van der Waals surface area contributed by atoms with Crippen LogP contribution in [0.15, 0.2) is 42.7 Å². The number of pyridine rings is 1. The average molecular weight is 216 g/mol. The largest absolute Gasteiger partial charge is 0.320 e. The third-order valence-electron chi connectivity index (χ3n) is 2.64. The van der Waals surface area contributed by atoms with E-state index in [0.717, 1.165) is 16.7 Å². The van der Waals surface area contributed by atoms with E-state index in [1.54, 1.807) is 24.5 Å². The zero-order valence-corrected chi connectivity index (χ0v) is 9.02. The first-order valence-electron chi connectivity index (χ1n) is 5.10. The van der Waals surface area contributed by atoms with Crippen LogP contribution in [-0.4, -0.2) is 4.98 Å². The third-order valence-corrected chi connectivity index (χ3v) is 2.64. The molecular formula is C13H13FN2. The van der Waals surface area contributed by atoms with Gasteiger partial charge in [-0.1, -0.05) is 12.1 Å². The van der Waals surface area contributed by atoms with Crippen LogP contribution in [-0.2, 0) is 0 Å². The Morgan fingerprint density at radius 2 is 1.88 bits per heavy atom. The second-order valence-electron chi connectivity index (χ2n) is 3.76. The first kappa shape index (κ1) is 10.8. The summed E-state index contributed by atoms with van der Waals surface area (Å²) in [6.45, 7) is 1.99. The Bertz CT molecular complexity index is 480. The van der Waals surface area contributed by atoms with Crippen molar-refractivity contribution < 1.29 is 4.39 Å². The number of hydrogen-bond acceptors (Lipinski definition) is 2. The van der Waals surface area contributed by atoms with Gasteiger partial charge >= 0.3 is 0 Å². The van der Waals surface area contributed by atoms with Crippen molar-refractivity contribution in [1.29, 1.82) is 0 Å². The van der Waals surface area contributed by atoms with Crippen LogP contribution in [0.1, 0.15) is 22.7 Å². The van der Waals surface area contributed by atoms with Gasteiger partial charge in [0.1, 0.15) is 5.82 Å². The third kappa shape index (κ3) is 2.09. The second-order valence-corrected chi connectivity index (χ2v) is 3.76. The molecular weight excluding hydrogens is 203 g/mol. The molecule has 0 saturated heterocycles. The van der Waals surface area contributed by atoms with Crippen LogP contribution in [0.5, 0.6) is 0 Å². The highest BCUT2D eigenvalue weighted by atomic mass is 19.1. The first-order valence-corrected chi connectivity index (χ1v) is 5.10. The van der Waals surface area contributed by atoms with Crippen LogP contribution in [0.2, 0.25) is 0 Å². The van der Waals surface area contributed by atoms with Gasteiger partial charge in [-0.05, 0) is 41.8 Å². The molecule has 0 radical (unpaired) electrons. The number of benzene rings is 1. The van der Waals surface area contributed by atoms with Gasteiger partial charge in [-0.15, -0.1) is 0 Å². The highest BCUT2D eigenvalue weighted by molar-refractivity contribution is 5.34. The minimum atomic E-state index is -0.255. The fraction of sp³-hybridized carbons (Fsp3) is 0.154. The molecule has 0 fully saturated rings. The van der Waals surface area contributed by atoms with Crippen molar-refractivity contribution in [2.75, 3.05) is 0 Å². The van der Waals surface area contributed by atoms with Gasteiger partial charge in [-0.2, -0.15) is 0 Å². The monoisotopic (exact) mass is 216 g/mol. The summed E-state index contributed by atoms with van der Waals surface area (Å²) in [5, 5.41) is 0. The summed E-state index contributed by atoms with van der Waals surface area (Å²) >= 11 is 0. The Balaban J connectivity index is 2.35. The van der Waals surface area contributed by atoms with Gasteiger partial charge in [0, 0.05) is 12.4 Å². The van der Waals surface area contributed by atoms with Crippen molar-refractivity contribution >= 4 is 0 Å². The van der Waals surface area contributed by atoms with E-state index in [9.17, 15) is 4.39 Å². The molecule has 0 aliphatic rings. The Hall–Kier alpha value is -1.74. The van der Waals surface area contributed by atoms with Gasteiger partial charge in [0.25, 0.3) is 0 Å². The molecule has 1 heterocycles. The maximum atomic E-state index is 12.8. The predicted molar refractivity (Wildman–Crippen MR) is 61.4 cm³/mol. The molecule has 1 aromatic carbocycles. The zero-order chi connectivity index (χ0) is 11.5. The smallest absolute Gasteiger partial charge is 0.123 e. The molecule has 0 aliphatic heterocycles. The lowest BCUT2D eigenvalue weighted by Gasteiger charge is -2.14. The summed E-state index contributed by atoms with van der Waals surface area (Å²) in [4.78, 5) is 4.06. The molecule has 2 rings (SSSR count). The van der Waals surface area contributed by atoms with E-state index in [1.165, 1.54) is 12.1 Å². The van der Waals surface area contributed by atoms with Crippen molar-refractivity contribution in [2.45, 2.75) is 13.0 Å². The molecule has 0 saturated carbocycles. The van der Waals surface area contributed by atoms with Crippen LogP contribution < -0.4 is 5.73 Å². The molecule has 1 aromatic heterocycles. The molecule has 2 N–H and O–H groups in total. The lowest BCUT2D eigenvalue weighted by atomic mass is 9.98. The van der Waals surface area contributed by atoms with Crippen LogP contribution in [0.4, 0.5) is 4.39 Å². The zero-order valence-electron chi connectivity index (χ0n) is 9.02. The fourth-order valence-electron chi connectivity index (χ4n) is 1.65. The molecule has 0 bridgehead atoms. The molecule has 1 unspecified atom stereocenters. The van der Waals surface area contributed by atoms with Crippen molar-refractivity contribution in [2.24, 2.45) is 5.73 Å². The van der Waals surface area contributed by atoms with Crippen LogP contribution >= 0.6 is 0 Å². The van der Waals surface area contributed by atoms with Crippen molar-refractivity contribution in [3.8, 4) is 0 Å².